The minimum absolute atomic E-state index is 0.626. The van der Waals surface area contributed by atoms with Crippen molar-refractivity contribution >= 4 is 8.32 Å². The van der Waals surface area contributed by atoms with Gasteiger partial charge in [0.1, 0.15) is 0 Å². The number of rotatable bonds is 5. The molecule has 2 rings (SSSR count). The monoisotopic (exact) mass is 292 g/mol. The van der Waals surface area contributed by atoms with Gasteiger partial charge < -0.3 is 4.43 Å². The molecule has 1 unspecified atom stereocenters. The van der Waals surface area contributed by atoms with Crippen molar-refractivity contribution in [2.24, 2.45) is 5.92 Å². The summed E-state index contributed by atoms with van der Waals surface area (Å²) in [6.07, 6.45) is 14.2. The number of allylic oxidation sites excluding steroid dienone is 3. The molecular weight excluding hydrogens is 260 g/mol. The normalized spacial score (nSPS) is 24.1. The van der Waals surface area contributed by atoms with Gasteiger partial charge >= 0.3 is 0 Å². The third-order valence-corrected chi connectivity index (χ3v) is 10.0. The number of hydrogen-bond donors (Lipinski definition) is 0. The second kappa shape index (κ2) is 7.49. The molecule has 0 N–H and O–H groups in total. The quantitative estimate of drug-likeness (QED) is 0.433. The predicted molar refractivity (Wildman–Crippen MR) is 90.3 cm³/mol. The Kier molecular flexibility index (Phi) is 5.95. The molecule has 0 heterocycles. The molecule has 0 radical (unpaired) electrons. The van der Waals surface area contributed by atoms with E-state index in [1.165, 1.54) is 62.4 Å². The van der Waals surface area contributed by atoms with Crippen LogP contribution in [-0.2, 0) is 4.43 Å². The molecule has 0 aromatic carbocycles. The molecule has 2 aliphatic rings. The Morgan fingerprint density at radius 2 is 1.70 bits per heavy atom. The van der Waals surface area contributed by atoms with Crippen molar-refractivity contribution in [3.8, 4) is 0 Å². The smallest absolute Gasteiger partial charge is 0.250 e. The Morgan fingerprint density at radius 3 is 2.40 bits per heavy atom. The highest BCUT2D eigenvalue weighted by molar-refractivity contribution is 6.73. The summed E-state index contributed by atoms with van der Waals surface area (Å²) in [4.78, 5) is 0. The summed E-state index contributed by atoms with van der Waals surface area (Å²) in [5, 5.41) is 0. The molecule has 0 bridgehead atoms. The molecule has 2 heteroatoms. The van der Waals surface area contributed by atoms with Gasteiger partial charge in [-0.05, 0) is 49.9 Å². The van der Waals surface area contributed by atoms with Gasteiger partial charge in [0, 0.05) is 5.92 Å². The predicted octanol–water partition coefficient (Wildman–Crippen LogP) is 6.19. The summed E-state index contributed by atoms with van der Waals surface area (Å²) in [6.45, 7) is 6.99. The van der Waals surface area contributed by atoms with Gasteiger partial charge in [-0.2, -0.15) is 0 Å². The maximum Gasteiger partial charge on any atom is 0.250 e. The van der Waals surface area contributed by atoms with Crippen molar-refractivity contribution in [2.45, 2.75) is 83.8 Å². The van der Waals surface area contributed by atoms with E-state index in [0.717, 1.165) is 6.42 Å². The van der Waals surface area contributed by atoms with Crippen LogP contribution in [0.4, 0.5) is 0 Å². The molecule has 0 spiro atoms. The molecule has 20 heavy (non-hydrogen) atoms. The van der Waals surface area contributed by atoms with E-state index < -0.39 is 8.32 Å². The molecule has 0 aromatic heterocycles. The standard InChI is InChI=1S/C18H32OSi/c1-4-20(5-2,6-3)19-18-15-11-13-16-12-9-7-8-10-14-17(16)18/h13,15,17H,4-12,14H2,1-3H3. The average molecular weight is 293 g/mol. The van der Waals surface area contributed by atoms with Crippen LogP contribution in [0.3, 0.4) is 0 Å². The fourth-order valence-corrected chi connectivity index (χ4v) is 6.42. The van der Waals surface area contributed by atoms with Gasteiger partial charge in [-0.15, -0.1) is 0 Å². The lowest BCUT2D eigenvalue weighted by molar-refractivity contribution is 0.321. The highest BCUT2D eigenvalue weighted by atomic mass is 28.4. The zero-order valence-corrected chi connectivity index (χ0v) is 14.7. The molecular formula is C18H32OSi. The van der Waals surface area contributed by atoms with Gasteiger partial charge in [-0.3, -0.25) is 0 Å². The maximum absolute atomic E-state index is 6.75. The summed E-state index contributed by atoms with van der Waals surface area (Å²) >= 11 is 0. The van der Waals surface area contributed by atoms with Gasteiger partial charge in [0.25, 0.3) is 0 Å². The third kappa shape index (κ3) is 3.57. The Morgan fingerprint density at radius 1 is 1.00 bits per heavy atom. The highest BCUT2D eigenvalue weighted by Gasteiger charge is 2.34. The third-order valence-electron chi connectivity index (χ3n) is 5.47. The highest BCUT2D eigenvalue weighted by Crippen LogP contribution is 2.39. The first-order valence-electron chi connectivity index (χ1n) is 8.82. The molecule has 114 valence electrons. The lowest BCUT2D eigenvalue weighted by Gasteiger charge is -2.36. The van der Waals surface area contributed by atoms with Crippen LogP contribution in [0.5, 0.6) is 0 Å². The van der Waals surface area contributed by atoms with E-state index in [2.05, 4.69) is 32.9 Å². The van der Waals surface area contributed by atoms with Gasteiger partial charge in [0.15, 0.2) is 0 Å². The van der Waals surface area contributed by atoms with E-state index in [1.807, 2.05) is 0 Å². The van der Waals surface area contributed by atoms with Crippen molar-refractivity contribution < 1.29 is 4.43 Å². The van der Waals surface area contributed by atoms with Crippen LogP contribution in [0.15, 0.2) is 23.5 Å². The second-order valence-corrected chi connectivity index (χ2v) is 11.2. The fraction of sp³-hybridized carbons (Fsp3) is 0.778. The zero-order chi connectivity index (χ0) is 14.4. The molecule has 0 aliphatic heterocycles. The summed E-state index contributed by atoms with van der Waals surface area (Å²) in [6, 6.07) is 3.76. The van der Waals surface area contributed by atoms with Gasteiger partial charge in [0.05, 0.1) is 5.76 Å². The first-order chi connectivity index (χ1) is 9.74. The average Bonchev–Trinajstić information content (AvgIpc) is 2.46. The van der Waals surface area contributed by atoms with Crippen LogP contribution in [0.1, 0.15) is 65.7 Å². The van der Waals surface area contributed by atoms with Crippen LogP contribution in [0, 0.1) is 5.92 Å². The Labute approximate surface area is 126 Å². The molecule has 1 nitrogen and oxygen atoms in total. The molecule has 0 aromatic rings. The lowest BCUT2D eigenvalue weighted by Crippen LogP contribution is -2.37. The molecule has 0 saturated heterocycles. The first kappa shape index (κ1) is 15.9. The fourth-order valence-electron chi connectivity index (χ4n) is 3.76. The van der Waals surface area contributed by atoms with E-state index in [0.29, 0.717) is 5.92 Å². The summed E-state index contributed by atoms with van der Waals surface area (Å²) in [7, 11) is -1.51. The van der Waals surface area contributed by atoms with E-state index in [4.69, 9.17) is 4.43 Å². The number of hydrogen-bond acceptors (Lipinski definition) is 1. The van der Waals surface area contributed by atoms with Crippen LogP contribution < -0.4 is 0 Å². The van der Waals surface area contributed by atoms with Crippen LogP contribution >= 0.6 is 0 Å². The van der Waals surface area contributed by atoms with Gasteiger partial charge in [0.2, 0.25) is 8.32 Å². The molecule has 0 amide bonds. The molecule has 2 aliphatic carbocycles. The summed E-state index contributed by atoms with van der Waals surface area (Å²) < 4.78 is 6.75. The molecule has 1 saturated carbocycles. The van der Waals surface area contributed by atoms with Crippen molar-refractivity contribution in [1.82, 2.24) is 0 Å². The van der Waals surface area contributed by atoms with Gasteiger partial charge in [-0.1, -0.05) is 51.7 Å². The van der Waals surface area contributed by atoms with E-state index in [9.17, 15) is 0 Å². The SMILES string of the molecule is CC[Si](CC)(CC)OC1=CCC=C2CCCCCCC21. The Bertz CT molecular complexity index is 357. The van der Waals surface area contributed by atoms with Crippen molar-refractivity contribution in [2.75, 3.05) is 0 Å². The first-order valence-corrected chi connectivity index (χ1v) is 11.4. The largest absolute Gasteiger partial charge is 0.546 e. The Hall–Kier alpha value is -0.503. The summed E-state index contributed by atoms with van der Waals surface area (Å²) in [5.41, 5.74) is 1.69. The number of fused-ring (bicyclic) bond motifs is 1. The van der Waals surface area contributed by atoms with Crippen LogP contribution in [-0.4, -0.2) is 8.32 Å². The van der Waals surface area contributed by atoms with Crippen molar-refractivity contribution in [3.63, 3.8) is 0 Å². The topological polar surface area (TPSA) is 9.23 Å². The maximum atomic E-state index is 6.75. The van der Waals surface area contributed by atoms with Crippen molar-refractivity contribution in [3.05, 3.63) is 23.5 Å². The molecule has 1 atom stereocenters. The van der Waals surface area contributed by atoms with E-state index in [-0.39, 0.29) is 0 Å². The second-order valence-electron chi connectivity index (χ2n) is 6.47. The van der Waals surface area contributed by atoms with Crippen LogP contribution in [0.2, 0.25) is 18.1 Å². The van der Waals surface area contributed by atoms with E-state index >= 15 is 0 Å². The minimum atomic E-state index is -1.51. The lowest BCUT2D eigenvalue weighted by atomic mass is 9.82. The molecule has 1 fully saturated rings. The summed E-state index contributed by atoms with van der Waals surface area (Å²) in [5.74, 6) is 1.99. The van der Waals surface area contributed by atoms with Crippen LogP contribution in [0.25, 0.3) is 0 Å². The van der Waals surface area contributed by atoms with Crippen molar-refractivity contribution in [1.29, 1.82) is 0 Å². The zero-order valence-electron chi connectivity index (χ0n) is 13.7. The van der Waals surface area contributed by atoms with Gasteiger partial charge in [-0.25, -0.2) is 0 Å². The Balaban J connectivity index is 2.12. The van der Waals surface area contributed by atoms with E-state index in [1.54, 1.807) is 5.57 Å². The minimum Gasteiger partial charge on any atom is -0.546 e.